The van der Waals surface area contributed by atoms with E-state index in [-0.39, 0.29) is 0 Å². The van der Waals surface area contributed by atoms with Crippen molar-refractivity contribution in [1.82, 2.24) is 5.32 Å². The number of nitrogens with one attached hydrogen (secondary N) is 1. The second-order valence-electron chi connectivity index (χ2n) is 5.54. The van der Waals surface area contributed by atoms with Crippen molar-refractivity contribution in [3.63, 3.8) is 0 Å². The molecule has 3 heteroatoms. The minimum Gasteiger partial charge on any atom is -0.378 e. The van der Waals surface area contributed by atoms with Gasteiger partial charge in [-0.15, -0.1) is 0 Å². The summed E-state index contributed by atoms with van der Waals surface area (Å²) < 4.78 is 5.57. The highest BCUT2D eigenvalue weighted by molar-refractivity contribution is 4.92. The summed E-state index contributed by atoms with van der Waals surface area (Å²) in [7, 11) is 0. The number of rotatable bonds is 6. The molecule has 16 heavy (non-hydrogen) atoms. The summed E-state index contributed by atoms with van der Waals surface area (Å²) >= 11 is 0. The number of ether oxygens (including phenoxy) is 1. The van der Waals surface area contributed by atoms with Crippen LogP contribution in [0.4, 0.5) is 0 Å². The first-order valence-corrected chi connectivity index (χ1v) is 6.83. The van der Waals surface area contributed by atoms with E-state index < -0.39 is 0 Å². The number of hydrogen-bond donors (Lipinski definition) is 2. The van der Waals surface area contributed by atoms with Crippen LogP contribution in [0.1, 0.15) is 45.4 Å². The van der Waals surface area contributed by atoms with Gasteiger partial charge in [0, 0.05) is 19.2 Å². The van der Waals surface area contributed by atoms with E-state index in [0.717, 1.165) is 19.7 Å². The quantitative estimate of drug-likeness (QED) is 0.724. The summed E-state index contributed by atoms with van der Waals surface area (Å²) in [6.45, 7) is 4.89. The maximum Gasteiger partial charge on any atom is 0.0604 e. The second kappa shape index (κ2) is 5.48. The van der Waals surface area contributed by atoms with Crippen LogP contribution < -0.4 is 11.1 Å². The Morgan fingerprint density at radius 1 is 1.31 bits per heavy atom. The summed E-state index contributed by atoms with van der Waals surface area (Å²) in [5, 5.41) is 3.68. The first-order chi connectivity index (χ1) is 7.78. The summed E-state index contributed by atoms with van der Waals surface area (Å²) in [5.41, 5.74) is 6.34. The maximum absolute atomic E-state index is 5.92. The Balaban J connectivity index is 1.64. The predicted molar refractivity (Wildman–Crippen MR) is 66.4 cm³/mol. The Morgan fingerprint density at radius 2 is 2.00 bits per heavy atom. The molecule has 0 aromatic carbocycles. The number of nitrogens with two attached hydrogens (primary N) is 1. The zero-order valence-electron chi connectivity index (χ0n) is 10.5. The Kier molecular flexibility index (Phi) is 4.22. The van der Waals surface area contributed by atoms with Crippen LogP contribution in [0, 0.1) is 5.41 Å². The SMILES string of the molecule is CCOC1CC(NCC2(CN)CCCC2)C1. The van der Waals surface area contributed by atoms with Crippen LogP contribution in [0.5, 0.6) is 0 Å². The molecule has 2 aliphatic rings. The van der Waals surface area contributed by atoms with E-state index in [1.807, 2.05) is 0 Å². The van der Waals surface area contributed by atoms with Gasteiger partial charge in [0.1, 0.15) is 0 Å². The summed E-state index contributed by atoms with van der Waals surface area (Å²) in [4.78, 5) is 0. The molecule has 0 aromatic rings. The third-order valence-corrected chi connectivity index (χ3v) is 4.36. The van der Waals surface area contributed by atoms with Crippen molar-refractivity contribution in [2.75, 3.05) is 19.7 Å². The first-order valence-electron chi connectivity index (χ1n) is 6.83. The van der Waals surface area contributed by atoms with E-state index in [1.54, 1.807) is 0 Å². The zero-order chi connectivity index (χ0) is 11.4. The van der Waals surface area contributed by atoms with Gasteiger partial charge in [-0.05, 0) is 44.6 Å². The first kappa shape index (κ1) is 12.3. The standard InChI is InChI=1S/C13H26N2O/c1-2-16-12-7-11(8-12)15-10-13(9-14)5-3-4-6-13/h11-12,15H,2-10,14H2,1H3. The van der Waals surface area contributed by atoms with E-state index in [9.17, 15) is 0 Å². The highest BCUT2D eigenvalue weighted by atomic mass is 16.5. The zero-order valence-corrected chi connectivity index (χ0v) is 10.5. The van der Waals surface area contributed by atoms with Crippen molar-refractivity contribution >= 4 is 0 Å². The van der Waals surface area contributed by atoms with E-state index in [4.69, 9.17) is 10.5 Å². The van der Waals surface area contributed by atoms with Gasteiger partial charge >= 0.3 is 0 Å². The topological polar surface area (TPSA) is 47.3 Å². The van der Waals surface area contributed by atoms with Gasteiger partial charge in [0.25, 0.3) is 0 Å². The molecule has 0 heterocycles. The molecule has 0 aromatic heterocycles. The molecular weight excluding hydrogens is 200 g/mol. The molecular formula is C13H26N2O. The lowest BCUT2D eigenvalue weighted by Gasteiger charge is -2.38. The van der Waals surface area contributed by atoms with Gasteiger partial charge in [-0.2, -0.15) is 0 Å². The molecule has 3 N–H and O–H groups in total. The summed E-state index contributed by atoms with van der Waals surface area (Å²) in [6, 6.07) is 0.681. The fraction of sp³-hybridized carbons (Fsp3) is 1.00. The molecule has 0 atom stereocenters. The van der Waals surface area contributed by atoms with Crippen molar-refractivity contribution in [2.24, 2.45) is 11.1 Å². The minimum atomic E-state index is 0.413. The van der Waals surface area contributed by atoms with Crippen molar-refractivity contribution in [3.8, 4) is 0 Å². The average Bonchev–Trinajstić information content (AvgIpc) is 2.71. The van der Waals surface area contributed by atoms with E-state index >= 15 is 0 Å². The van der Waals surface area contributed by atoms with Crippen LogP contribution in [-0.2, 0) is 4.74 Å². The Morgan fingerprint density at radius 3 is 2.56 bits per heavy atom. The normalized spacial score (nSPS) is 32.6. The van der Waals surface area contributed by atoms with Crippen molar-refractivity contribution in [2.45, 2.75) is 57.6 Å². The van der Waals surface area contributed by atoms with Crippen LogP contribution in [0.25, 0.3) is 0 Å². The van der Waals surface area contributed by atoms with E-state index in [0.29, 0.717) is 17.6 Å². The number of hydrogen-bond acceptors (Lipinski definition) is 3. The van der Waals surface area contributed by atoms with Crippen LogP contribution in [0.15, 0.2) is 0 Å². The molecule has 0 spiro atoms. The van der Waals surface area contributed by atoms with Crippen molar-refractivity contribution in [3.05, 3.63) is 0 Å². The van der Waals surface area contributed by atoms with Crippen LogP contribution in [-0.4, -0.2) is 31.8 Å². The highest BCUT2D eigenvalue weighted by Gasteiger charge is 2.35. The van der Waals surface area contributed by atoms with Gasteiger partial charge in [0.05, 0.1) is 6.10 Å². The fourth-order valence-electron chi connectivity index (χ4n) is 3.04. The van der Waals surface area contributed by atoms with Gasteiger partial charge in [-0.3, -0.25) is 0 Å². The Bertz CT molecular complexity index is 208. The molecule has 0 radical (unpaired) electrons. The lowest BCUT2D eigenvalue weighted by Crippen LogP contribution is -2.50. The van der Waals surface area contributed by atoms with Gasteiger partial charge in [-0.25, -0.2) is 0 Å². The molecule has 0 bridgehead atoms. The Labute approximate surface area is 99.1 Å². The van der Waals surface area contributed by atoms with Gasteiger partial charge < -0.3 is 15.8 Å². The molecule has 0 unspecified atom stereocenters. The molecule has 3 nitrogen and oxygen atoms in total. The molecule has 2 aliphatic carbocycles. The van der Waals surface area contributed by atoms with Crippen LogP contribution >= 0.6 is 0 Å². The molecule has 2 saturated carbocycles. The lowest BCUT2D eigenvalue weighted by molar-refractivity contribution is -0.0120. The third kappa shape index (κ3) is 2.76. The lowest BCUT2D eigenvalue weighted by atomic mass is 9.83. The van der Waals surface area contributed by atoms with Gasteiger partial charge in [0.15, 0.2) is 0 Å². The fourth-order valence-corrected chi connectivity index (χ4v) is 3.04. The average molecular weight is 226 g/mol. The molecule has 0 amide bonds. The minimum absolute atomic E-state index is 0.413. The van der Waals surface area contributed by atoms with Crippen molar-refractivity contribution in [1.29, 1.82) is 0 Å². The monoisotopic (exact) mass is 226 g/mol. The highest BCUT2D eigenvalue weighted by Crippen LogP contribution is 2.37. The smallest absolute Gasteiger partial charge is 0.0604 e. The molecule has 0 saturated heterocycles. The van der Waals surface area contributed by atoms with Crippen LogP contribution in [0.3, 0.4) is 0 Å². The van der Waals surface area contributed by atoms with Crippen LogP contribution in [0.2, 0.25) is 0 Å². The molecule has 2 rings (SSSR count). The van der Waals surface area contributed by atoms with Crippen molar-refractivity contribution < 1.29 is 4.74 Å². The van der Waals surface area contributed by atoms with E-state index in [1.165, 1.54) is 38.5 Å². The van der Waals surface area contributed by atoms with Gasteiger partial charge in [-0.1, -0.05) is 12.8 Å². The van der Waals surface area contributed by atoms with E-state index in [2.05, 4.69) is 12.2 Å². The predicted octanol–water partition coefficient (Wildman–Crippen LogP) is 1.66. The third-order valence-electron chi connectivity index (χ3n) is 4.36. The Hall–Kier alpha value is -0.120. The maximum atomic E-state index is 5.92. The molecule has 0 aliphatic heterocycles. The van der Waals surface area contributed by atoms with Gasteiger partial charge in [0.2, 0.25) is 0 Å². The molecule has 2 fully saturated rings. The largest absolute Gasteiger partial charge is 0.378 e. The summed E-state index contributed by atoms with van der Waals surface area (Å²) in [6.07, 6.45) is 8.26. The summed E-state index contributed by atoms with van der Waals surface area (Å²) in [5.74, 6) is 0. The second-order valence-corrected chi connectivity index (χ2v) is 5.54. The molecule has 94 valence electrons.